The summed E-state index contributed by atoms with van der Waals surface area (Å²) < 4.78 is 11.2. The van der Waals surface area contributed by atoms with Gasteiger partial charge in [-0.3, -0.25) is 4.79 Å². The number of rotatable bonds is 10. The fourth-order valence-electron chi connectivity index (χ4n) is 5.66. The maximum Gasteiger partial charge on any atom is 0.159 e. The van der Waals surface area contributed by atoms with Crippen LogP contribution in [0.2, 0.25) is 0 Å². The predicted octanol–water partition coefficient (Wildman–Crippen LogP) is 7.70. The summed E-state index contributed by atoms with van der Waals surface area (Å²) in [4.78, 5) is 14.7. The van der Waals surface area contributed by atoms with E-state index in [1.807, 2.05) is 18.2 Å². The molecule has 0 N–H and O–H groups in total. The molecule has 0 aromatic heterocycles. The largest absolute Gasteiger partial charge is 0.385 e. The number of methoxy groups -OCH3 is 2. The molecule has 1 aliphatic carbocycles. The van der Waals surface area contributed by atoms with Crippen molar-refractivity contribution in [2.75, 3.05) is 32.3 Å². The lowest BCUT2D eigenvalue weighted by Crippen LogP contribution is -2.29. The van der Waals surface area contributed by atoms with E-state index in [1.54, 1.807) is 21.1 Å². The van der Waals surface area contributed by atoms with Crippen molar-refractivity contribution in [1.82, 2.24) is 0 Å². The molecule has 0 radical (unpaired) electrons. The normalized spacial score (nSPS) is 13.2. The van der Waals surface area contributed by atoms with E-state index in [1.165, 1.54) is 22.3 Å². The van der Waals surface area contributed by atoms with Gasteiger partial charge >= 0.3 is 0 Å². The van der Waals surface area contributed by atoms with Crippen LogP contribution in [0.25, 0.3) is 11.1 Å². The quantitative estimate of drug-likeness (QED) is 0.213. The highest BCUT2D eigenvalue weighted by Gasteiger charge is 2.43. The van der Waals surface area contributed by atoms with Crippen molar-refractivity contribution in [3.8, 4) is 11.1 Å². The topological polar surface area (TPSA) is 38.8 Å². The molecule has 4 aromatic rings. The Kier molecular flexibility index (Phi) is 7.22. The summed E-state index contributed by atoms with van der Waals surface area (Å²) in [6.45, 7) is 2.85. The Hall–Kier alpha value is -3.73. The van der Waals surface area contributed by atoms with Crippen LogP contribution < -0.4 is 4.90 Å². The van der Waals surface area contributed by atoms with Crippen LogP contribution in [0.15, 0.2) is 97.1 Å². The average molecular weight is 492 g/mol. The Labute approximate surface area is 219 Å². The predicted molar refractivity (Wildman–Crippen MR) is 150 cm³/mol. The first kappa shape index (κ1) is 24.9. The molecular weight excluding hydrogens is 458 g/mol. The zero-order valence-electron chi connectivity index (χ0n) is 21.7. The molecule has 0 unspecified atom stereocenters. The molecule has 5 rings (SSSR count). The molecule has 0 spiro atoms. The van der Waals surface area contributed by atoms with Crippen molar-refractivity contribution in [1.29, 1.82) is 0 Å². The highest BCUT2D eigenvalue weighted by atomic mass is 16.5. The minimum atomic E-state index is -0.322. The third kappa shape index (κ3) is 4.59. The van der Waals surface area contributed by atoms with Crippen LogP contribution in [0, 0.1) is 0 Å². The summed E-state index contributed by atoms with van der Waals surface area (Å²) >= 11 is 0. The molecule has 0 fully saturated rings. The van der Waals surface area contributed by atoms with Gasteiger partial charge in [-0.15, -0.1) is 0 Å². The zero-order valence-corrected chi connectivity index (χ0v) is 21.7. The number of carbonyl (C=O) groups is 1. The van der Waals surface area contributed by atoms with Gasteiger partial charge in [0.1, 0.15) is 0 Å². The standard InChI is InChI=1S/C33H33NO3/c1-24(35)25-14-16-29-30-17-15-28(34(26-10-6-4-7-11-26)27-12-8-5-9-13-27)23-32(30)33(18-20-36-2,19-21-37-3)31(29)22-25/h4-17,22-23H,18-21H2,1-3H3. The summed E-state index contributed by atoms with van der Waals surface area (Å²) in [7, 11) is 3.49. The molecule has 0 saturated heterocycles. The van der Waals surface area contributed by atoms with E-state index in [0.29, 0.717) is 13.2 Å². The molecule has 0 amide bonds. The second-order valence-electron chi connectivity index (χ2n) is 9.62. The van der Waals surface area contributed by atoms with Gasteiger partial charge in [0.2, 0.25) is 0 Å². The van der Waals surface area contributed by atoms with Crippen LogP contribution in [0.4, 0.5) is 17.1 Å². The highest BCUT2D eigenvalue weighted by molar-refractivity contribution is 5.96. The molecule has 4 aromatic carbocycles. The van der Waals surface area contributed by atoms with Crippen LogP contribution in [0.5, 0.6) is 0 Å². The number of ether oxygens (including phenoxy) is 2. The third-order valence-electron chi connectivity index (χ3n) is 7.50. The number of hydrogen-bond acceptors (Lipinski definition) is 4. The number of Topliss-reactive ketones (excluding diaryl/α,β-unsaturated/α-hetero) is 1. The van der Waals surface area contributed by atoms with Crippen LogP contribution >= 0.6 is 0 Å². The Balaban J connectivity index is 1.73. The van der Waals surface area contributed by atoms with E-state index in [9.17, 15) is 4.79 Å². The fraction of sp³-hybridized carbons (Fsp3) is 0.242. The van der Waals surface area contributed by atoms with E-state index in [-0.39, 0.29) is 11.2 Å². The number of hydrogen-bond donors (Lipinski definition) is 0. The van der Waals surface area contributed by atoms with E-state index < -0.39 is 0 Å². The van der Waals surface area contributed by atoms with Gasteiger partial charge in [-0.25, -0.2) is 0 Å². The molecule has 1 aliphatic rings. The van der Waals surface area contributed by atoms with E-state index in [2.05, 4.69) is 83.8 Å². The van der Waals surface area contributed by atoms with Crippen molar-refractivity contribution in [2.45, 2.75) is 25.2 Å². The number of nitrogens with zero attached hydrogens (tertiary/aromatic N) is 1. The molecular formula is C33H33NO3. The van der Waals surface area contributed by atoms with Gasteiger partial charge < -0.3 is 14.4 Å². The summed E-state index contributed by atoms with van der Waals surface area (Å²) in [6.07, 6.45) is 1.60. The number of benzene rings is 4. The number of ketones is 1. The first-order chi connectivity index (χ1) is 18.1. The van der Waals surface area contributed by atoms with Gasteiger partial charge in [0.15, 0.2) is 5.78 Å². The third-order valence-corrected chi connectivity index (χ3v) is 7.50. The molecule has 0 heterocycles. The fourth-order valence-corrected chi connectivity index (χ4v) is 5.66. The SMILES string of the molecule is COCCC1(CCOC)c2cc(C(C)=O)ccc2-c2ccc(N(c3ccccc3)c3ccccc3)cc21. The van der Waals surface area contributed by atoms with Gasteiger partial charge in [0.25, 0.3) is 0 Å². The molecule has 0 aliphatic heterocycles. The lowest BCUT2D eigenvalue weighted by atomic mass is 9.72. The second-order valence-corrected chi connectivity index (χ2v) is 9.62. The van der Waals surface area contributed by atoms with Gasteiger partial charge in [0.05, 0.1) is 0 Å². The molecule has 4 heteroatoms. The van der Waals surface area contributed by atoms with Crippen LogP contribution in [-0.2, 0) is 14.9 Å². The zero-order chi connectivity index (χ0) is 25.8. The molecule has 188 valence electrons. The maximum absolute atomic E-state index is 12.4. The van der Waals surface area contributed by atoms with Gasteiger partial charge in [-0.05, 0) is 84.5 Å². The Bertz CT molecular complexity index is 1330. The molecule has 37 heavy (non-hydrogen) atoms. The van der Waals surface area contributed by atoms with Gasteiger partial charge in [-0.1, -0.05) is 54.6 Å². The molecule has 0 atom stereocenters. The first-order valence-corrected chi connectivity index (χ1v) is 12.8. The highest BCUT2D eigenvalue weighted by Crippen LogP contribution is 2.54. The molecule has 0 bridgehead atoms. The summed E-state index contributed by atoms with van der Waals surface area (Å²) in [5.74, 6) is 0.0751. The van der Waals surface area contributed by atoms with Gasteiger partial charge in [-0.2, -0.15) is 0 Å². The maximum atomic E-state index is 12.4. The Morgan fingerprint density at radius 3 is 1.70 bits per heavy atom. The lowest BCUT2D eigenvalue weighted by molar-refractivity contribution is 0.101. The number of para-hydroxylation sites is 2. The smallest absolute Gasteiger partial charge is 0.159 e. The number of fused-ring (bicyclic) bond motifs is 3. The first-order valence-electron chi connectivity index (χ1n) is 12.8. The lowest BCUT2D eigenvalue weighted by Gasteiger charge is -2.33. The minimum Gasteiger partial charge on any atom is -0.385 e. The van der Waals surface area contributed by atoms with Crippen molar-refractivity contribution in [3.05, 3.63) is 114 Å². The Morgan fingerprint density at radius 1 is 0.676 bits per heavy atom. The van der Waals surface area contributed by atoms with Crippen molar-refractivity contribution in [3.63, 3.8) is 0 Å². The Morgan fingerprint density at radius 2 is 1.19 bits per heavy atom. The summed E-state index contributed by atoms with van der Waals surface area (Å²) in [5.41, 5.74) is 8.55. The summed E-state index contributed by atoms with van der Waals surface area (Å²) in [5, 5.41) is 0. The van der Waals surface area contributed by atoms with Crippen molar-refractivity contribution in [2.24, 2.45) is 0 Å². The number of carbonyl (C=O) groups excluding carboxylic acids is 1. The van der Waals surface area contributed by atoms with Crippen molar-refractivity contribution < 1.29 is 14.3 Å². The van der Waals surface area contributed by atoms with E-state index in [0.717, 1.165) is 35.5 Å². The number of anilines is 3. The van der Waals surface area contributed by atoms with E-state index in [4.69, 9.17) is 9.47 Å². The van der Waals surface area contributed by atoms with Gasteiger partial charge in [0, 0.05) is 55.5 Å². The monoisotopic (exact) mass is 491 g/mol. The van der Waals surface area contributed by atoms with Crippen LogP contribution in [0.1, 0.15) is 41.3 Å². The molecule has 4 nitrogen and oxygen atoms in total. The summed E-state index contributed by atoms with van der Waals surface area (Å²) in [6, 6.07) is 33.8. The van der Waals surface area contributed by atoms with Crippen LogP contribution in [-0.4, -0.2) is 33.2 Å². The second kappa shape index (κ2) is 10.7. The van der Waals surface area contributed by atoms with Crippen molar-refractivity contribution >= 4 is 22.8 Å². The van der Waals surface area contributed by atoms with Crippen LogP contribution in [0.3, 0.4) is 0 Å². The average Bonchev–Trinajstić information content (AvgIpc) is 3.20. The molecule has 0 saturated carbocycles. The van der Waals surface area contributed by atoms with E-state index >= 15 is 0 Å². The minimum absolute atomic E-state index is 0.0751.